The Balaban J connectivity index is 2.42. The summed E-state index contributed by atoms with van der Waals surface area (Å²) in [4.78, 5) is 0. The van der Waals surface area contributed by atoms with Crippen LogP contribution in [0.25, 0.3) is 0 Å². The van der Waals surface area contributed by atoms with E-state index in [9.17, 15) is 0 Å². The molecule has 2 unspecified atom stereocenters. The van der Waals surface area contributed by atoms with Crippen molar-refractivity contribution in [2.75, 3.05) is 0 Å². The van der Waals surface area contributed by atoms with Crippen LogP contribution in [0, 0.1) is 13.8 Å². The third kappa shape index (κ3) is 2.92. The Morgan fingerprint density at radius 3 is 2.30 bits per heavy atom. The van der Waals surface area contributed by atoms with Crippen LogP contribution in [0.4, 0.5) is 0 Å². The van der Waals surface area contributed by atoms with Gasteiger partial charge in [-0.15, -0.1) is 0 Å². The summed E-state index contributed by atoms with van der Waals surface area (Å²) in [7, 11) is 0. The second-order valence-corrected chi connectivity index (χ2v) is 5.36. The summed E-state index contributed by atoms with van der Waals surface area (Å²) < 4.78 is 0. The average molecular weight is 268 g/mol. The largest absolute Gasteiger partial charge is 0.271 e. The van der Waals surface area contributed by atoms with Crippen LogP contribution >= 0.6 is 0 Å². The van der Waals surface area contributed by atoms with Gasteiger partial charge in [-0.3, -0.25) is 11.3 Å². The van der Waals surface area contributed by atoms with E-state index in [1.54, 1.807) is 0 Å². The standard InChI is InChI=1S/C18H24N2/c1-4-16(15-10-6-5-7-11-15)18(20-19)17-12-8-9-13(2)14(17)3/h5-12,16,18,20H,4,19H2,1-3H3. The minimum atomic E-state index is 0.141. The molecule has 0 amide bonds. The molecule has 2 nitrogen and oxygen atoms in total. The van der Waals surface area contributed by atoms with Crippen LogP contribution in [0.2, 0.25) is 0 Å². The van der Waals surface area contributed by atoms with Crippen molar-refractivity contribution in [3.05, 3.63) is 70.8 Å². The fourth-order valence-electron chi connectivity index (χ4n) is 2.90. The molecule has 2 rings (SSSR count). The van der Waals surface area contributed by atoms with Gasteiger partial charge in [-0.1, -0.05) is 55.5 Å². The first kappa shape index (κ1) is 14.8. The zero-order valence-corrected chi connectivity index (χ0v) is 12.6. The van der Waals surface area contributed by atoms with Crippen LogP contribution in [-0.4, -0.2) is 0 Å². The highest BCUT2D eigenvalue weighted by Gasteiger charge is 2.23. The van der Waals surface area contributed by atoms with Gasteiger partial charge in [0.1, 0.15) is 0 Å². The maximum atomic E-state index is 5.89. The third-order valence-corrected chi connectivity index (χ3v) is 4.23. The van der Waals surface area contributed by atoms with Crippen molar-refractivity contribution in [2.45, 2.75) is 39.2 Å². The first-order valence-corrected chi connectivity index (χ1v) is 7.26. The molecule has 2 atom stereocenters. The molecule has 2 aromatic carbocycles. The number of hydrogen-bond donors (Lipinski definition) is 2. The molecule has 0 aromatic heterocycles. The van der Waals surface area contributed by atoms with E-state index in [-0.39, 0.29) is 6.04 Å². The molecular weight excluding hydrogens is 244 g/mol. The minimum Gasteiger partial charge on any atom is -0.271 e. The highest BCUT2D eigenvalue weighted by molar-refractivity contribution is 5.37. The van der Waals surface area contributed by atoms with Gasteiger partial charge in [-0.2, -0.15) is 0 Å². The highest BCUT2D eigenvalue weighted by Crippen LogP contribution is 2.35. The maximum absolute atomic E-state index is 5.89. The molecule has 0 spiro atoms. The van der Waals surface area contributed by atoms with Gasteiger partial charge in [0.25, 0.3) is 0 Å². The average Bonchev–Trinajstić information content (AvgIpc) is 2.49. The number of benzene rings is 2. The second-order valence-electron chi connectivity index (χ2n) is 5.36. The second kappa shape index (κ2) is 6.69. The quantitative estimate of drug-likeness (QED) is 0.635. The number of nitrogens with one attached hydrogen (secondary N) is 1. The lowest BCUT2D eigenvalue weighted by Gasteiger charge is -2.28. The molecule has 2 aromatic rings. The first-order valence-electron chi connectivity index (χ1n) is 7.26. The van der Waals surface area contributed by atoms with Crippen molar-refractivity contribution in [3.63, 3.8) is 0 Å². The molecule has 106 valence electrons. The molecule has 0 aliphatic heterocycles. The molecule has 0 aliphatic rings. The summed E-state index contributed by atoms with van der Waals surface area (Å²) >= 11 is 0. The van der Waals surface area contributed by atoms with Gasteiger partial charge < -0.3 is 0 Å². The Bertz CT molecular complexity index is 549. The van der Waals surface area contributed by atoms with E-state index < -0.39 is 0 Å². The number of hydrazine groups is 1. The number of rotatable bonds is 5. The smallest absolute Gasteiger partial charge is 0.0531 e. The van der Waals surface area contributed by atoms with Crippen molar-refractivity contribution in [1.29, 1.82) is 0 Å². The minimum absolute atomic E-state index is 0.141. The van der Waals surface area contributed by atoms with Gasteiger partial charge in [0.2, 0.25) is 0 Å². The summed E-state index contributed by atoms with van der Waals surface area (Å²) in [6.07, 6.45) is 1.05. The molecule has 3 N–H and O–H groups in total. The number of hydrogen-bond acceptors (Lipinski definition) is 2. The van der Waals surface area contributed by atoms with E-state index in [1.165, 1.54) is 22.3 Å². The van der Waals surface area contributed by atoms with Crippen molar-refractivity contribution in [1.82, 2.24) is 5.43 Å². The van der Waals surface area contributed by atoms with Crippen LogP contribution in [0.3, 0.4) is 0 Å². The van der Waals surface area contributed by atoms with Crippen molar-refractivity contribution < 1.29 is 0 Å². The summed E-state index contributed by atoms with van der Waals surface area (Å²) in [6, 6.07) is 17.2. The van der Waals surface area contributed by atoms with E-state index in [1.807, 2.05) is 0 Å². The molecule has 0 saturated heterocycles. The normalized spacial score (nSPS) is 14.0. The monoisotopic (exact) mass is 268 g/mol. The Morgan fingerprint density at radius 2 is 1.70 bits per heavy atom. The molecule has 2 heteroatoms. The Labute approximate surface area is 122 Å². The predicted octanol–water partition coefficient (Wildman–Crippen LogP) is 4.00. The van der Waals surface area contributed by atoms with Crippen molar-refractivity contribution >= 4 is 0 Å². The maximum Gasteiger partial charge on any atom is 0.0531 e. The van der Waals surface area contributed by atoms with Gasteiger partial charge in [0.15, 0.2) is 0 Å². The highest BCUT2D eigenvalue weighted by atomic mass is 15.2. The van der Waals surface area contributed by atoms with Crippen LogP contribution < -0.4 is 11.3 Å². The Morgan fingerprint density at radius 1 is 1.00 bits per heavy atom. The number of aryl methyl sites for hydroxylation is 1. The zero-order chi connectivity index (χ0) is 14.5. The summed E-state index contributed by atoms with van der Waals surface area (Å²) in [6.45, 7) is 6.54. The van der Waals surface area contributed by atoms with Gasteiger partial charge in [0, 0.05) is 5.92 Å². The van der Waals surface area contributed by atoms with Crippen molar-refractivity contribution in [2.24, 2.45) is 5.84 Å². The lowest BCUT2D eigenvalue weighted by molar-refractivity contribution is 0.443. The SMILES string of the molecule is CCC(c1ccccc1)C(NN)c1cccc(C)c1C. The van der Waals surface area contributed by atoms with Gasteiger partial charge in [-0.25, -0.2) is 0 Å². The lowest BCUT2D eigenvalue weighted by atomic mass is 9.83. The topological polar surface area (TPSA) is 38.0 Å². The molecule has 20 heavy (non-hydrogen) atoms. The molecular formula is C18H24N2. The van der Waals surface area contributed by atoms with E-state index in [0.29, 0.717) is 5.92 Å². The van der Waals surface area contributed by atoms with E-state index in [2.05, 4.69) is 74.7 Å². The van der Waals surface area contributed by atoms with E-state index in [4.69, 9.17) is 5.84 Å². The van der Waals surface area contributed by atoms with Crippen LogP contribution in [0.15, 0.2) is 48.5 Å². The summed E-state index contributed by atoms with van der Waals surface area (Å²) in [5, 5.41) is 0. The number of nitrogens with two attached hydrogens (primary N) is 1. The first-order chi connectivity index (χ1) is 9.69. The zero-order valence-electron chi connectivity index (χ0n) is 12.6. The Hall–Kier alpha value is -1.64. The third-order valence-electron chi connectivity index (χ3n) is 4.23. The van der Waals surface area contributed by atoms with E-state index in [0.717, 1.165) is 6.42 Å². The molecule has 0 aliphatic carbocycles. The lowest BCUT2D eigenvalue weighted by Crippen LogP contribution is -2.33. The predicted molar refractivity (Wildman–Crippen MR) is 85.5 cm³/mol. The Kier molecular flexibility index (Phi) is 4.94. The van der Waals surface area contributed by atoms with Crippen LogP contribution in [0.1, 0.15) is 47.6 Å². The molecule has 0 bridgehead atoms. The molecule has 0 saturated carbocycles. The fraction of sp³-hybridized carbons (Fsp3) is 0.333. The van der Waals surface area contributed by atoms with Crippen molar-refractivity contribution in [3.8, 4) is 0 Å². The summed E-state index contributed by atoms with van der Waals surface area (Å²) in [5.74, 6) is 6.26. The molecule has 0 radical (unpaired) electrons. The van der Waals surface area contributed by atoms with Gasteiger partial charge in [0.05, 0.1) is 6.04 Å². The molecule has 0 heterocycles. The van der Waals surface area contributed by atoms with Crippen LogP contribution in [0.5, 0.6) is 0 Å². The van der Waals surface area contributed by atoms with Crippen LogP contribution in [-0.2, 0) is 0 Å². The fourth-order valence-corrected chi connectivity index (χ4v) is 2.90. The summed E-state index contributed by atoms with van der Waals surface area (Å²) in [5.41, 5.74) is 8.30. The molecule has 0 fully saturated rings. The van der Waals surface area contributed by atoms with Gasteiger partial charge in [-0.05, 0) is 42.5 Å². The van der Waals surface area contributed by atoms with E-state index >= 15 is 0 Å². The van der Waals surface area contributed by atoms with Gasteiger partial charge >= 0.3 is 0 Å².